The Bertz CT molecular complexity index is 211. The molecule has 0 bridgehead atoms. The van der Waals surface area contributed by atoms with Crippen molar-refractivity contribution in [2.24, 2.45) is 17.8 Å². The molecule has 1 amide bonds. The van der Waals surface area contributed by atoms with Gasteiger partial charge in [-0.1, -0.05) is 26.7 Å². The van der Waals surface area contributed by atoms with Crippen molar-refractivity contribution in [3.63, 3.8) is 0 Å². The van der Waals surface area contributed by atoms with E-state index in [2.05, 4.69) is 19.2 Å². The van der Waals surface area contributed by atoms with Crippen molar-refractivity contribution in [1.29, 1.82) is 0 Å². The highest BCUT2D eigenvalue weighted by atomic mass is 16.1. The van der Waals surface area contributed by atoms with Gasteiger partial charge >= 0.3 is 0 Å². The zero-order chi connectivity index (χ0) is 11.4. The lowest BCUT2D eigenvalue weighted by Crippen LogP contribution is -2.41. The molecule has 1 saturated carbocycles. The molecular formula is C13H25NO. The highest BCUT2D eigenvalue weighted by Crippen LogP contribution is 2.35. The van der Waals surface area contributed by atoms with Gasteiger partial charge in [0.25, 0.3) is 0 Å². The standard InChI is InChI=1S/C13H25NO/c1-9(2)11-7-5-6-8-12(11)13(15)14-10(3)4/h9-12H,5-8H2,1-4H3,(H,14,15). The molecule has 2 atom stereocenters. The number of carbonyl (C=O) groups is 1. The summed E-state index contributed by atoms with van der Waals surface area (Å²) >= 11 is 0. The highest BCUT2D eigenvalue weighted by molar-refractivity contribution is 5.79. The van der Waals surface area contributed by atoms with E-state index in [1.54, 1.807) is 0 Å². The maximum atomic E-state index is 12.0. The van der Waals surface area contributed by atoms with Crippen LogP contribution in [0.25, 0.3) is 0 Å². The van der Waals surface area contributed by atoms with E-state index >= 15 is 0 Å². The van der Waals surface area contributed by atoms with Gasteiger partial charge in [0, 0.05) is 12.0 Å². The van der Waals surface area contributed by atoms with Crippen molar-refractivity contribution in [2.75, 3.05) is 0 Å². The smallest absolute Gasteiger partial charge is 0.223 e. The number of hydrogen-bond donors (Lipinski definition) is 1. The van der Waals surface area contributed by atoms with Crippen LogP contribution in [-0.4, -0.2) is 11.9 Å². The summed E-state index contributed by atoms with van der Waals surface area (Å²) < 4.78 is 0. The molecule has 0 aromatic rings. The van der Waals surface area contributed by atoms with Gasteiger partial charge in [-0.25, -0.2) is 0 Å². The maximum Gasteiger partial charge on any atom is 0.223 e. The van der Waals surface area contributed by atoms with Crippen molar-refractivity contribution in [1.82, 2.24) is 5.32 Å². The van der Waals surface area contributed by atoms with Crippen LogP contribution in [0.15, 0.2) is 0 Å². The molecule has 1 rings (SSSR count). The normalized spacial score (nSPS) is 27.1. The van der Waals surface area contributed by atoms with Gasteiger partial charge in [-0.2, -0.15) is 0 Å². The lowest BCUT2D eigenvalue weighted by atomic mass is 9.73. The predicted molar refractivity (Wildman–Crippen MR) is 63.6 cm³/mol. The van der Waals surface area contributed by atoms with Gasteiger partial charge < -0.3 is 5.32 Å². The van der Waals surface area contributed by atoms with Gasteiger partial charge in [0.15, 0.2) is 0 Å². The summed E-state index contributed by atoms with van der Waals surface area (Å²) in [5.74, 6) is 1.77. The molecule has 0 radical (unpaired) electrons. The molecule has 1 aliphatic rings. The number of hydrogen-bond acceptors (Lipinski definition) is 1. The third-order valence-electron chi connectivity index (χ3n) is 3.44. The van der Waals surface area contributed by atoms with E-state index in [0.29, 0.717) is 11.8 Å². The average Bonchev–Trinajstić information content (AvgIpc) is 2.16. The van der Waals surface area contributed by atoms with Crippen LogP contribution in [0.3, 0.4) is 0 Å². The number of nitrogens with one attached hydrogen (secondary N) is 1. The van der Waals surface area contributed by atoms with Crippen LogP contribution in [-0.2, 0) is 4.79 Å². The second kappa shape index (κ2) is 5.53. The van der Waals surface area contributed by atoms with Crippen LogP contribution in [0.1, 0.15) is 53.4 Å². The molecule has 1 fully saturated rings. The Morgan fingerprint density at radius 1 is 1.13 bits per heavy atom. The van der Waals surface area contributed by atoms with Crippen LogP contribution in [0.4, 0.5) is 0 Å². The summed E-state index contributed by atoms with van der Waals surface area (Å²) in [6.45, 7) is 8.55. The number of rotatable bonds is 3. The first-order valence-electron chi connectivity index (χ1n) is 6.32. The molecule has 88 valence electrons. The van der Waals surface area contributed by atoms with Gasteiger partial charge in [-0.3, -0.25) is 4.79 Å². The Labute approximate surface area is 93.8 Å². The van der Waals surface area contributed by atoms with E-state index in [-0.39, 0.29) is 17.9 Å². The molecule has 0 aliphatic heterocycles. The third kappa shape index (κ3) is 3.51. The SMILES string of the molecule is CC(C)NC(=O)C1CCCCC1C(C)C. The summed E-state index contributed by atoms with van der Waals surface area (Å²) in [5, 5.41) is 3.06. The number of amides is 1. The van der Waals surface area contributed by atoms with Gasteiger partial charge in [-0.15, -0.1) is 0 Å². The van der Waals surface area contributed by atoms with E-state index in [0.717, 1.165) is 6.42 Å². The first kappa shape index (κ1) is 12.5. The third-order valence-corrected chi connectivity index (χ3v) is 3.44. The lowest BCUT2D eigenvalue weighted by molar-refractivity contribution is -0.129. The average molecular weight is 211 g/mol. The zero-order valence-corrected chi connectivity index (χ0v) is 10.5. The summed E-state index contributed by atoms with van der Waals surface area (Å²) in [5.41, 5.74) is 0. The van der Waals surface area contributed by atoms with Crippen molar-refractivity contribution in [2.45, 2.75) is 59.4 Å². The van der Waals surface area contributed by atoms with Crippen LogP contribution < -0.4 is 5.32 Å². The second-order valence-corrected chi connectivity index (χ2v) is 5.46. The fourth-order valence-electron chi connectivity index (χ4n) is 2.67. The monoisotopic (exact) mass is 211 g/mol. The molecule has 2 nitrogen and oxygen atoms in total. The quantitative estimate of drug-likeness (QED) is 0.764. The summed E-state index contributed by atoms with van der Waals surface area (Å²) in [6.07, 6.45) is 4.84. The molecular weight excluding hydrogens is 186 g/mol. The maximum absolute atomic E-state index is 12.0. The Hall–Kier alpha value is -0.530. The Morgan fingerprint density at radius 2 is 1.73 bits per heavy atom. The van der Waals surface area contributed by atoms with E-state index in [9.17, 15) is 4.79 Å². The minimum atomic E-state index is 0.265. The molecule has 15 heavy (non-hydrogen) atoms. The fourth-order valence-corrected chi connectivity index (χ4v) is 2.67. The van der Waals surface area contributed by atoms with Crippen molar-refractivity contribution >= 4 is 5.91 Å². The van der Waals surface area contributed by atoms with Crippen molar-refractivity contribution < 1.29 is 4.79 Å². The molecule has 0 saturated heterocycles. The summed E-state index contributed by atoms with van der Waals surface area (Å²) in [7, 11) is 0. The minimum Gasteiger partial charge on any atom is -0.354 e. The van der Waals surface area contributed by atoms with E-state index < -0.39 is 0 Å². The second-order valence-electron chi connectivity index (χ2n) is 5.46. The van der Waals surface area contributed by atoms with Crippen molar-refractivity contribution in [3.8, 4) is 0 Å². The van der Waals surface area contributed by atoms with Gasteiger partial charge in [-0.05, 0) is 38.5 Å². The van der Waals surface area contributed by atoms with Gasteiger partial charge in [0.2, 0.25) is 5.91 Å². The summed E-state index contributed by atoms with van der Waals surface area (Å²) in [4.78, 5) is 12.0. The Kier molecular flexibility index (Phi) is 4.62. The molecule has 1 N–H and O–H groups in total. The molecule has 2 unspecified atom stereocenters. The van der Waals surface area contributed by atoms with Gasteiger partial charge in [0.05, 0.1) is 0 Å². The molecule has 0 aromatic carbocycles. The van der Waals surface area contributed by atoms with Crippen LogP contribution in [0.2, 0.25) is 0 Å². The fraction of sp³-hybridized carbons (Fsp3) is 0.923. The molecule has 0 aromatic heterocycles. The molecule has 0 spiro atoms. The zero-order valence-electron chi connectivity index (χ0n) is 10.5. The largest absolute Gasteiger partial charge is 0.354 e. The van der Waals surface area contributed by atoms with E-state index in [4.69, 9.17) is 0 Å². The summed E-state index contributed by atoms with van der Waals surface area (Å²) in [6, 6.07) is 0.271. The van der Waals surface area contributed by atoms with Crippen LogP contribution in [0.5, 0.6) is 0 Å². The lowest BCUT2D eigenvalue weighted by Gasteiger charge is -2.33. The Balaban J connectivity index is 2.59. The van der Waals surface area contributed by atoms with Crippen molar-refractivity contribution in [3.05, 3.63) is 0 Å². The number of carbonyl (C=O) groups excluding carboxylic acids is 1. The Morgan fingerprint density at radius 3 is 2.27 bits per heavy atom. The highest BCUT2D eigenvalue weighted by Gasteiger charge is 2.32. The van der Waals surface area contributed by atoms with Crippen LogP contribution in [0, 0.1) is 17.8 Å². The van der Waals surface area contributed by atoms with E-state index in [1.165, 1.54) is 19.3 Å². The van der Waals surface area contributed by atoms with E-state index in [1.807, 2.05) is 13.8 Å². The molecule has 2 heteroatoms. The predicted octanol–water partition coefficient (Wildman–Crippen LogP) is 2.97. The minimum absolute atomic E-state index is 0.265. The molecule has 1 aliphatic carbocycles. The first-order valence-corrected chi connectivity index (χ1v) is 6.32. The van der Waals surface area contributed by atoms with Gasteiger partial charge in [0.1, 0.15) is 0 Å². The molecule has 0 heterocycles. The first-order chi connectivity index (χ1) is 7.02. The topological polar surface area (TPSA) is 29.1 Å². The van der Waals surface area contributed by atoms with Crippen LogP contribution >= 0.6 is 0 Å².